The predicted octanol–water partition coefficient (Wildman–Crippen LogP) is 3.47. The van der Waals surface area contributed by atoms with Gasteiger partial charge in [-0.1, -0.05) is 18.9 Å². The molecule has 16 heavy (non-hydrogen) atoms. The van der Waals surface area contributed by atoms with Gasteiger partial charge in [0.15, 0.2) is 0 Å². The third kappa shape index (κ3) is 2.77. The van der Waals surface area contributed by atoms with Crippen LogP contribution in [0.3, 0.4) is 0 Å². The van der Waals surface area contributed by atoms with E-state index < -0.39 is 0 Å². The van der Waals surface area contributed by atoms with Crippen molar-refractivity contribution in [2.24, 2.45) is 0 Å². The van der Waals surface area contributed by atoms with Gasteiger partial charge in [0, 0.05) is 10.2 Å². The first kappa shape index (κ1) is 11.9. The van der Waals surface area contributed by atoms with Gasteiger partial charge in [-0.3, -0.25) is 0 Å². The molecule has 88 valence electrons. The van der Waals surface area contributed by atoms with Crippen molar-refractivity contribution in [1.82, 2.24) is 0 Å². The van der Waals surface area contributed by atoms with Crippen molar-refractivity contribution in [3.8, 4) is 0 Å². The molecule has 0 spiro atoms. The van der Waals surface area contributed by atoms with E-state index in [4.69, 9.17) is 0 Å². The zero-order valence-electron chi connectivity index (χ0n) is 9.54. The van der Waals surface area contributed by atoms with Crippen molar-refractivity contribution < 1.29 is 5.11 Å². The summed E-state index contributed by atoms with van der Waals surface area (Å²) in [4.78, 5) is 0. The van der Waals surface area contributed by atoms with Crippen molar-refractivity contribution >= 4 is 21.6 Å². The van der Waals surface area contributed by atoms with E-state index in [2.05, 4.69) is 46.4 Å². The standard InChI is InChI=1S/C13H18BrNO/c1-9-6-7-11(10(14)8-9)15-12-4-2-3-5-13(12)16/h6-8,12-13,15-16H,2-5H2,1H3/t12-,13-/m1/s1. The SMILES string of the molecule is Cc1ccc(N[C@@H]2CCCC[C@H]2O)c(Br)c1. The molecule has 1 aromatic carbocycles. The molecule has 3 heteroatoms. The third-order valence-electron chi connectivity index (χ3n) is 3.19. The number of rotatable bonds is 2. The van der Waals surface area contributed by atoms with Crippen molar-refractivity contribution in [1.29, 1.82) is 0 Å². The van der Waals surface area contributed by atoms with E-state index >= 15 is 0 Å². The third-order valence-corrected chi connectivity index (χ3v) is 3.85. The maximum atomic E-state index is 9.90. The van der Waals surface area contributed by atoms with Gasteiger partial charge < -0.3 is 10.4 Å². The summed E-state index contributed by atoms with van der Waals surface area (Å²) in [7, 11) is 0. The molecule has 0 radical (unpaired) electrons. The molecular formula is C13H18BrNO. The molecule has 0 amide bonds. The van der Waals surface area contributed by atoms with E-state index in [1.807, 2.05) is 0 Å². The van der Waals surface area contributed by atoms with Crippen LogP contribution in [0, 0.1) is 6.92 Å². The van der Waals surface area contributed by atoms with Crippen molar-refractivity contribution in [2.75, 3.05) is 5.32 Å². The summed E-state index contributed by atoms with van der Waals surface area (Å²) < 4.78 is 1.07. The lowest BCUT2D eigenvalue weighted by Gasteiger charge is -2.29. The highest BCUT2D eigenvalue weighted by Crippen LogP contribution is 2.27. The first-order valence-electron chi connectivity index (χ1n) is 5.87. The first-order chi connectivity index (χ1) is 7.66. The van der Waals surface area contributed by atoms with Gasteiger partial charge in [0.2, 0.25) is 0 Å². The number of benzene rings is 1. The summed E-state index contributed by atoms with van der Waals surface area (Å²) >= 11 is 3.55. The maximum absolute atomic E-state index is 9.90. The maximum Gasteiger partial charge on any atom is 0.0741 e. The highest BCUT2D eigenvalue weighted by Gasteiger charge is 2.23. The molecule has 1 fully saturated rings. The summed E-state index contributed by atoms with van der Waals surface area (Å²) in [5.41, 5.74) is 2.32. The molecule has 1 aliphatic carbocycles. The summed E-state index contributed by atoms with van der Waals surface area (Å²) in [6.45, 7) is 2.07. The van der Waals surface area contributed by atoms with Crippen LogP contribution in [0.25, 0.3) is 0 Å². The van der Waals surface area contributed by atoms with Crippen LogP contribution < -0.4 is 5.32 Å². The monoisotopic (exact) mass is 283 g/mol. The average molecular weight is 284 g/mol. The lowest BCUT2D eigenvalue weighted by molar-refractivity contribution is 0.116. The van der Waals surface area contributed by atoms with Crippen LogP contribution in [-0.2, 0) is 0 Å². The smallest absolute Gasteiger partial charge is 0.0741 e. The Morgan fingerprint density at radius 3 is 2.75 bits per heavy atom. The summed E-state index contributed by atoms with van der Waals surface area (Å²) in [5, 5.41) is 13.3. The molecule has 0 aliphatic heterocycles. The Morgan fingerprint density at radius 1 is 1.31 bits per heavy atom. The van der Waals surface area contributed by atoms with Gasteiger partial charge in [-0.25, -0.2) is 0 Å². The molecule has 1 aromatic rings. The van der Waals surface area contributed by atoms with Crippen molar-refractivity contribution in [3.05, 3.63) is 28.2 Å². The molecule has 2 N–H and O–H groups in total. The van der Waals surface area contributed by atoms with Gasteiger partial charge >= 0.3 is 0 Å². The fourth-order valence-corrected chi connectivity index (χ4v) is 2.82. The molecular weight excluding hydrogens is 266 g/mol. The van der Waals surface area contributed by atoms with E-state index in [0.29, 0.717) is 0 Å². The second-order valence-electron chi connectivity index (χ2n) is 4.59. The molecule has 0 unspecified atom stereocenters. The van der Waals surface area contributed by atoms with Crippen LogP contribution in [0.2, 0.25) is 0 Å². The highest BCUT2D eigenvalue weighted by molar-refractivity contribution is 9.10. The summed E-state index contributed by atoms with van der Waals surface area (Å²) in [6, 6.07) is 6.45. The number of halogens is 1. The van der Waals surface area contributed by atoms with Crippen LogP contribution in [0.4, 0.5) is 5.69 Å². The number of aryl methyl sites for hydroxylation is 1. The van der Waals surface area contributed by atoms with Gasteiger partial charge in [0.05, 0.1) is 12.1 Å². The summed E-state index contributed by atoms with van der Waals surface area (Å²) in [5.74, 6) is 0. The first-order valence-corrected chi connectivity index (χ1v) is 6.67. The molecule has 0 bridgehead atoms. The Hall–Kier alpha value is -0.540. The van der Waals surface area contributed by atoms with Gasteiger partial charge in [0.25, 0.3) is 0 Å². The lowest BCUT2D eigenvalue weighted by Crippen LogP contribution is -2.36. The van der Waals surface area contributed by atoms with Gasteiger partial charge in [-0.15, -0.1) is 0 Å². The molecule has 0 saturated heterocycles. The average Bonchev–Trinajstić information content (AvgIpc) is 2.25. The van der Waals surface area contributed by atoms with Crippen LogP contribution >= 0.6 is 15.9 Å². The number of hydrogen-bond donors (Lipinski definition) is 2. The zero-order chi connectivity index (χ0) is 11.5. The second kappa shape index (κ2) is 5.19. The molecule has 0 aromatic heterocycles. The summed E-state index contributed by atoms with van der Waals surface area (Å²) in [6.07, 6.45) is 4.12. The Labute approximate surface area is 105 Å². The van der Waals surface area contributed by atoms with Crippen LogP contribution in [0.15, 0.2) is 22.7 Å². The largest absolute Gasteiger partial charge is 0.391 e. The number of aliphatic hydroxyl groups is 1. The number of hydrogen-bond acceptors (Lipinski definition) is 2. The Bertz CT molecular complexity index is 367. The Morgan fingerprint density at radius 2 is 2.06 bits per heavy atom. The zero-order valence-corrected chi connectivity index (χ0v) is 11.1. The minimum Gasteiger partial charge on any atom is -0.391 e. The molecule has 1 aliphatic rings. The van der Waals surface area contributed by atoms with E-state index in [1.165, 1.54) is 12.0 Å². The fraction of sp³-hybridized carbons (Fsp3) is 0.538. The van der Waals surface area contributed by atoms with Gasteiger partial charge in [0.1, 0.15) is 0 Å². The Kier molecular flexibility index (Phi) is 3.87. The normalized spacial score (nSPS) is 25.4. The number of nitrogens with one attached hydrogen (secondary N) is 1. The molecule has 1 saturated carbocycles. The van der Waals surface area contributed by atoms with Crippen LogP contribution in [0.1, 0.15) is 31.2 Å². The van der Waals surface area contributed by atoms with E-state index in [9.17, 15) is 5.11 Å². The minimum atomic E-state index is -0.207. The molecule has 2 atom stereocenters. The van der Waals surface area contributed by atoms with E-state index in [0.717, 1.165) is 29.4 Å². The minimum absolute atomic E-state index is 0.202. The molecule has 0 heterocycles. The Balaban J connectivity index is 2.07. The van der Waals surface area contributed by atoms with Crippen LogP contribution in [-0.4, -0.2) is 17.3 Å². The van der Waals surface area contributed by atoms with E-state index in [1.54, 1.807) is 0 Å². The van der Waals surface area contributed by atoms with Gasteiger partial charge in [-0.05, 0) is 53.4 Å². The topological polar surface area (TPSA) is 32.3 Å². The number of aliphatic hydroxyl groups excluding tert-OH is 1. The fourth-order valence-electron chi connectivity index (χ4n) is 2.22. The molecule has 2 rings (SSSR count). The predicted molar refractivity (Wildman–Crippen MR) is 70.8 cm³/mol. The molecule has 2 nitrogen and oxygen atoms in total. The quantitative estimate of drug-likeness (QED) is 0.871. The van der Waals surface area contributed by atoms with Gasteiger partial charge in [-0.2, -0.15) is 0 Å². The van der Waals surface area contributed by atoms with Crippen LogP contribution in [0.5, 0.6) is 0 Å². The second-order valence-corrected chi connectivity index (χ2v) is 5.44. The highest BCUT2D eigenvalue weighted by atomic mass is 79.9. The van der Waals surface area contributed by atoms with E-state index in [-0.39, 0.29) is 12.1 Å². The number of anilines is 1. The lowest BCUT2D eigenvalue weighted by atomic mass is 9.92. The van der Waals surface area contributed by atoms with Crippen molar-refractivity contribution in [3.63, 3.8) is 0 Å². The van der Waals surface area contributed by atoms with Crippen molar-refractivity contribution in [2.45, 2.75) is 44.8 Å².